The normalized spacial score (nSPS) is 25.6. The fourth-order valence-corrected chi connectivity index (χ4v) is 12.6. The minimum absolute atomic E-state index is 0.0316. The summed E-state index contributed by atoms with van der Waals surface area (Å²) in [6.45, 7) is 4.14. The zero-order valence-electron chi connectivity index (χ0n) is 45.2. The van der Waals surface area contributed by atoms with Gasteiger partial charge in [-0.3, -0.25) is 28.8 Å². The highest BCUT2D eigenvalue weighted by molar-refractivity contribution is 5.95. The molecule has 18 heteroatoms. The second-order valence-corrected chi connectivity index (χ2v) is 22.2. The van der Waals surface area contributed by atoms with Gasteiger partial charge in [-0.15, -0.1) is 0 Å². The third-order valence-electron chi connectivity index (χ3n) is 17.2. The zero-order chi connectivity index (χ0) is 53.9. The minimum atomic E-state index is -0.866. The molecular formula is C58H84N8O10. The number of aliphatic hydroxyl groups is 2. The first-order valence-corrected chi connectivity index (χ1v) is 28.4. The number of nitrogens with zero attached hydrogens (tertiary/aromatic N) is 2. The molecule has 0 bridgehead atoms. The Morgan fingerprint density at radius 1 is 0.579 bits per heavy atom. The van der Waals surface area contributed by atoms with E-state index in [1.54, 1.807) is 27.9 Å². The van der Waals surface area contributed by atoms with Crippen molar-refractivity contribution in [2.24, 2.45) is 11.8 Å². The Hall–Kier alpha value is -5.56. The Labute approximate surface area is 448 Å². The van der Waals surface area contributed by atoms with Crippen molar-refractivity contribution >= 4 is 35.4 Å². The Balaban J connectivity index is 0.851. The number of benzene rings is 2. The molecule has 8 rings (SSSR count). The predicted molar refractivity (Wildman–Crippen MR) is 287 cm³/mol. The maximum absolute atomic E-state index is 14.3. The molecule has 2 aromatic carbocycles. The number of rotatable bonds is 20. The number of carbonyl (C=O) groups is 6. The van der Waals surface area contributed by atoms with E-state index in [0.717, 1.165) is 124 Å². The summed E-state index contributed by atoms with van der Waals surface area (Å²) < 4.78 is 12.6. The van der Waals surface area contributed by atoms with Crippen molar-refractivity contribution in [2.75, 3.05) is 40.4 Å². The van der Waals surface area contributed by atoms with Crippen LogP contribution in [0.4, 0.5) is 0 Å². The fraction of sp³-hybridized carbons (Fsp3) is 0.655. The van der Waals surface area contributed by atoms with E-state index >= 15 is 0 Å². The smallest absolute Gasteiger partial charge is 0.246 e. The largest absolute Gasteiger partial charge is 0.489 e. The van der Waals surface area contributed by atoms with E-state index in [9.17, 15) is 39.0 Å². The summed E-state index contributed by atoms with van der Waals surface area (Å²) >= 11 is 0. The number of likely N-dealkylation sites (N-methyl/N-ethyl adjacent to an activating group) is 2. The third-order valence-corrected chi connectivity index (χ3v) is 17.2. The van der Waals surface area contributed by atoms with Gasteiger partial charge in [-0.05, 0) is 151 Å². The number of hydrogen-bond acceptors (Lipinski definition) is 12. The summed E-state index contributed by atoms with van der Waals surface area (Å²) in [6.07, 6.45) is 16.3. The van der Waals surface area contributed by atoms with Gasteiger partial charge >= 0.3 is 0 Å². The molecule has 0 radical (unpaired) electrons. The summed E-state index contributed by atoms with van der Waals surface area (Å²) in [5, 5.41) is 40.0. The van der Waals surface area contributed by atoms with Crippen molar-refractivity contribution in [3.63, 3.8) is 0 Å². The van der Waals surface area contributed by atoms with Crippen molar-refractivity contribution < 1.29 is 48.5 Å². The molecule has 4 aliphatic carbocycles. The summed E-state index contributed by atoms with van der Waals surface area (Å²) in [5.74, 6) is -0.419. The molecule has 76 heavy (non-hydrogen) atoms. The first kappa shape index (κ1) is 56.6. The topological polar surface area (TPSA) is 240 Å². The molecule has 10 atom stereocenters. The first-order valence-electron chi connectivity index (χ1n) is 28.4. The van der Waals surface area contributed by atoms with Gasteiger partial charge in [0, 0.05) is 25.9 Å². The van der Waals surface area contributed by atoms with E-state index in [4.69, 9.17) is 9.47 Å². The summed E-state index contributed by atoms with van der Waals surface area (Å²) in [7, 11) is 3.39. The lowest BCUT2D eigenvalue weighted by Crippen LogP contribution is -2.58. The fourth-order valence-electron chi connectivity index (χ4n) is 12.6. The molecule has 2 heterocycles. The maximum atomic E-state index is 14.3. The quantitative estimate of drug-likeness (QED) is 0.0881. The molecule has 18 nitrogen and oxygen atoms in total. The van der Waals surface area contributed by atoms with E-state index in [0.29, 0.717) is 26.1 Å². The first-order chi connectivity index (χ1) is 36.8. The Bertz CT molecular complexity index is 2230. The zero-order valence-corrected chi connectivity index (χ0v) is 45.2. The van der Waals surface area contributed by atoms with E-state index in [-0.39, 0.29) is 85.3 Å². The standard InChI is InChI=1S/C58H84N8O10/c1-35(59-3)53(69)63-51(37-17-7-5-8-18-37)57(73)65-33-39(67)31-47(65)55(71)61-45-25-13-23-43-41(45)21-15-27-49(43)75-29-11-12-30-76-50-28-16-22-42-44(50)24-14-26-46(42)62-56(72)48-32-40(68)34-66(48)58(74)52(38-19-9-6-10-20-38)64-54(70)36(2)60-4/h11-12,15-16,21-22,27-28,35-40,45-48,51-52,59-60,67-68H,5-10,13-14,17-20,23-26,29-34H2,1-4H3,(H,61,71)(H,62,72)(H,63,69)(H,64,70)/b12-11+/t35-,36-,39-,40-,45+,46+,47-,48-,51-,52-/m0/s1. The van der Waals surface area contributed by atoms with Crippen molar-refractivity contribution in [3.8, 4) is 11.5 Å². The molecule has 4 fully saturated rings. The van der Waals surface area contributed by atoms with Gasteiger partial charge in [0.1, 0.15) is 48.9 Å². The molecule has 2 saturated heterocycles. The molecule has 416 valence electrons. The maximum Gasteiger partial charge on any atom is 0.246 e. The van der Waals surface area contributed by atoms with Crippen molar-refractivity contribution in [1.82, 2.24) is 41.7 Å². The second-order valence-electron chi connectivity index (χ2n) is 22.2. The molecular weight excluding hydrogens is 969 g/mol. The lowest BCUT2D eigenvalue weighted by Gasteiger charge is -2.35. The summed E-state index contributed by atoms with van der Waals surface area (Å²) in [6, 6.07) is 6.87. The monoisotopic (exact) mass is 1050 g/mol. The van der Waals surface area contributed by atoms with Crippen LogP contribution in [-0.2, 0) is 41.6 Å². The van der Waals surface area contributed by atoms with Crippen LogP contribution in [0.25, 0.3) is 0 Å². The van der Waals surface area contributed by atoms with Gasteiger partial charge in [0.05, 0.1) is 36.4 Å². The van der Waals surface area contributed by atoms with Crippen molar-refractivity contribution in [2.45, 2.75) is 190 Å². The van der Waals surface area contributed by atoms with E-state index in [1.165, 1.54) is 9.80 Å². The third kappa shape index (κ3) is 13.6. The Morgan fingerprint density at radius 3 is 1.36 bits per heavy atom. The van der Waals surface area contributed by atoms with Crippen LogP contribution in [0.1, 0.15) is 151 Å². The molecule has 2 aromatic rings. The van der Waals surface area contributed by atoms with E-state index in [1.807, 2.05) is 48.6 Å². The Kier molecular flexibility index (Phi) is 19.9. The van der Waals surface area contributed by atoms with E-state index in [2.05, 4.69) is 31.9 Å². The number of β-amino-alcohol motifs (C(OH)–C–C–N with tert-alkyl or cyclic N) is 2. The van der Waals surface area contributed by atoms with Gasteiger partial charge in [-0.2, -0.15) is 0 Å². The van der Waals surface area contributed by atoms with Crippen LogP contribution in [0.5, 0.6) is 11.5 Å². The Morgan fingerprint density at radius 2 is 0.974 bits per heavy atom. The number of amides is 6. The molecule has 0 spiro atoms. The molecule has 2 aliphatic heterocycles. The highest BCUT2D eigenvalue weighted by atomic mass is 16.5. The van der Waals surface area contributed by atoms with E-state index < -0.39 is 48.5 Å². The van der Waals surface area contributed by atoms with Crippen LogP contribution in [0, 0.1) is 11.8 Å². The van der Waals surface area contributed by atoms with Gasteiger partial charge in [0.25, 0.3) is 0 Å². The highest BCUT2D eigenvalue weighted by Gasteiger charge is 2.46. The van der Waals surface area contributed by atoms with Crippen molar-refractivity contribution in [1.29, 1.82) is 0 Å². The van der Waals surface area contributed by atoms with Crippen LogP contribution < -0.4 is 41.4 Å². The van der Waals surface area contributed by atoms with Gasteiger partial charge in [0.2, 0.25) is 35.4 Å². The molecule has 8 N–H and O–H groups in total. The number of hydrogen-bond donors (Lipinski definition) is 8. The molecule has 2 saturated carbocycles. The summed E-state index contributed by atoms with van der Waals surface area (Å²) in [5.41, 5.74) is 3.98. The molecule has 6 amide bonds. The number of nitrogens with one attached hydrogen (secondary N) is 6. The van der Waals surface area contributed by atoms with Crippen molar-refractivity contribution in [3.05, 3.63) is 70.8 Å². The molecule has 0 aromatic heterocycles. The van der Waals surface area contributed by atoms with Gasteiger partial charge < -0.3 is 61.4 Å². The van der Waals surface area contributed by atoms with Crippen LogP contribution >= 0.6 is 0 Å². The van der Waals surface area contributed by atoms with Crippen LogP contribution in [0.15, 0.2) is 48.6 Å². The number of carbonyl (C=O) groups excluding carboxylic acids is 6. The predicted octanol–water partition coefficient (Wildman–Crippen LogP) is 3.96. The number of likely N-dealkylation sites (tertiary alicyclic amines) is 2. The summed E-state index contributed by atoms with van der Waals surface area (Å²) in [4.78, 5) is 86.1. The molecule has 6 aliphatic rings. The SMILES string of the molecule is CN[C@@H](C)C(=O)N[C@H](C(=O)N1C[C@@H](O)C[C@H]1C(=O)N[C@@H]1CCCc2c(OC/C=C/COc3cccc4c3CCC[C@H]4NC(=O)[C@@H]3C[C@H](O)CN3C(=O)[C@@H](NC(=O)[C@H](C)NC)C3CCCCC3)cccc21)C1CCCCC1. The number of ether oxygens (including phenoxy) is 2. The molecule has 0 unspecified atom stereocenters. The van der Waals surface area contributed by atoms with Crippen LogP contribution in [-0.4, -0.2) is 144 Å². The lowest BCUT2D eigenvalue weighted by molar-refractivity contribution is -0.143. The average molecular weight is 1050 g/mol. The van der Waals surface area contributed by atoms with Crippen LogP contribution in [0.3, 0.4) is 0 Å². The van der Waals surface area contributed by atoms with Gasteiger partial charge in [-0.1, -0.05) is 62.8 Å². The average Bonchev–Trinajstić information content (AvgIpc) is 4.04. The minimum Gasteiger partial charge on any atom is -0.489 e. The number of aliphatic hydroxyl groups excluding tert-OH is 2. The van der Waals surface area contributed by atoms with Crippen LogP contribution in [0.2, 0.25) is 0 Å². The number of fused-ring (bicyclic) bond motifs is 2. The lowest BCUT2D eigenvalue weighted by atomic mass is 9.83. The highest BCUT2D eigenvalue weighted by Crippen LogP contribution is 2.38. The van der Waals surface area contributed by atoms with Gasteiger partial charge in [0.15, 0.2) is 0 Å². The van der Waals surface area contributed by atoms with Gasteiger partial charge in [-0.25, -0.2) is 0 Å². The second kappa shape index (κ2) is 26.7.